The molecule has 0 aliphatic carbocycles. The van der Waals surface area contributed by atoms with Crippen LogP contribution in [0.4, 0.5) is 0 Å². The molecule has 0 spiro atoms. The minimum Gasteiger partial charge on any atom is -0.270 e. The number of aliphatic imine (C=N–C) groups is 1. The lowest BCUT2D eigenvalue weighted by Crippen LogP contribution is -2.08. The first-order valence-electron chi connectivity index (χ1n) is 4.86. The summed E-state index contributed by atoms with van der Waals surface area (Å²) in [6.45, 7) is 6.35. The fourth-order valence-electron chi connectivity index (χ4n) is 0.738. The molecule has 0 fully saturated rings. The second-order valence-corrected chi connectivity index (χ2v) is 2.64. The normalized spacial score (nSPS) is 11.2. The Morgan fingerprint density at radius 1 is 1.47 bits per heavy atom. The smallest absolute Gasteiger partial charge is 0.0607 e. The van der Waals surface area contributed by atoms with Gasteiger partial charge in [-0.25, -0.2) is 0 Å². The number of rotatable bonds is 7. The first-order chi connectivity index (χ1) is 7.35. The molecular weight excluding hydrogens is 186 g/mol. The van der Waals surface area contributed by atoms with Crippen LogP contribution in [0.15, 0.2) is 35.1 Å². The summed E-state index contributed by atoms with van der Waals surface area (Å²) in [6, 6.07) is 0. The highest BCUT2D eigenvalue weighted by Gasteiger charge is 1.87. The van der Waals surface area contributed by atoms with Gasteiger partial charge in [-0.2, -0.15) is 5.10 Å². The van der Waals surface area contributed by atoms with Crippen molar-refractivity contribution in [3.05, 3.63) is 25.1 Å². The predicted octanol–water partition coefficient (Wildman–Crippen LogP) is 2.44. The van der Waals surface area contributed by atoms with Crippen LogP contribution >= 0.6 is 0 Å². The van der Waals surface area contributed by atoms with Crippen molar-refractivity contribution in [2.24, 2.45) is 10.1 Å². The fourth-order valence-corrected chi connectivity index (χ4v) is 0.738. The van der Waals surface area contributed by atoms with Gasteiger partial charge in [0.1, 0.15) is 0 Å². The van der Waals surface area contributed by atoms with Crippen molar-refractivity contribution in [1.29, 1.82) is 0 Å². The Balaban J connectivity index is 3.85. The third-order valence-corrected chi connectivity index (χ3v) is 1.42. The van der Waals surface area contributed by atoms with E-state index in [0.29, 0.717) is 13.0 Å². The molecular formula is C12H17N3. The van der Waals surface area contributed by atoms with Crippen LogP contribution in [0.5, 0.6) is 0 Å². The van der Waals surface area contributed by atoms with Crippen molar-refractivity contribution in [2.75, 3.05) is 6.54 Å². The topological polar surface area (TPSA) is 28.0 Å². The molecule has 0 unspecified atom stereocenters. The third-order valence-electron chi connectivity index (χ3n) is 1.42. The minimum atomic E-state index is 0.559. The Morgan fingerprint density at radius 2 is 2.27 bits per heavy atom. The van der Waals surface area contributed by atoms with Gasteiger partial charge in [0.2, 0.25) is 0 Å². The monoisotopic (exact) mass is 203 g/mol. The highest BCUT2D eigenvalue weighted by molar-refractivity contribution is 5.61. The second kappa shape index (κ2) is 10.3. The summed E-state index contributed by atoms with van der Waals surface area (Å²) in [5.41, 5.74) is 0. The van der Waals surface area contributed by atoms with Gasteiger partial charge in [0.05, 0.1) is 6.54 Å². The lowest BCUT2D eigenvalue weighted by Gasteiger charge is -2.09. The van der Waals surface area contributed by atoms with Gasteiger partial charge in [0.25, 0.3) is 0 Å². The van der Waals surface area contributed by atoms with Crippen LogP contribution in [0.2, 0.25) is 0 Å². The van der Waals surface area contributed by atoms with E-state index < -0.39 is 0 Å². The quantitative estimate of drug-likeness (QED) is 0.355. The predicted molar refractivity (Wildman–Crippen MR) is 66.8 cm³/mol. The van der Waals surface area contributed by atoms with Crippen molar-refractivity contribution in [2.45, 2.75) is 19.8 Å². The number of hydrogen-bond acceptors (Lipinski definition) is 3. The van der Waals surface area contributed by atoms with Gasteiger partial charge in [0.15, 0.2) is 0 Å². The highest BCUT2D eigenvalue weighted by atomic mass is 15.4. The van der Waals surface area contributed by atoms with Crippen LogP contribution in [0.3, 0.4) is 0 Å². The second-order valence-electron chi connectivity index (χ2n) is 2.64. The van der Waals surface area contributed by atoms with Crippen LogP contribution in [0.1, 0.15) is 19.8 Å². The van der Waals surface area contributed by atoms with E-state index >= 15 is 0 Å². The van der Waals surface area contributed by atoms with Crippen molar-refractivity contribution >= 4 is 12.4 Å². The van der Waals surface area contributed by atoms with E-state index in [1.807, 2.05) is 19.2 Å². The van der Waals surface area contributed by atoms with Crippen LogP contribution in [0, 0.1) is 12.3 Å². The Bertz CT molecular complexity index is 282. The van der Waals surface area contributed by atoms with Crippen LogP contribution in [-0.2, 0) is 0 Å². The fraction of sp³-hybridized carbons (Fsp3) is 0.333. The maximum atomic E-state index is 5.06. The largest absolute Gasteiger partial charge is 0.270 e. The molecule has 0 radical (unpaired) electrons. The van der Waals surface area contributed by atoms with Crippen LogP contribution < -0.4 is 0 Å². The van der Waals surface area contributed by atoms with Gasteiger partial charge in [0, 0.05) is 31.2 Å². The van der Waals surface area contributed by atoms with E-state index in [0.717, 1.165) is 6.42 Å². The molecule has 0 aliphatic rings. The zero-order valence-corrected chi connectivity index (χ0v) is 9.13. The summed E-state index contributed by atoms with van der Waals surface area (Å²) in [4.78, 5) is 3.99. The molecule has 0 saturated heterocycles. The van der Waals surface area contributed by atoms with E-state index in [9.17, 15) is 0 Å². The van der Waals surface area contributed by atoms with Gasteiger partial charge >= 0.3 is 0 Å². The number of hydrogen-bond donors (Lipinski definition) is 0. The van der Waals surface area contributed by atoms with Gasteiger partial charge < -0.3 is 0 Å². The van der Waals surface area contributed by atoms with Crippen LogP contribution in [-0.4, -0.2) is 24.0 Å². The van der Waals surface area contributed by atoms with Gasteiger partial charge in [-0.1, -0.05) is 13.5 Å². The maximum absolute atomic E-state index is 5.06. The lowest BCUT2D eigenvalue weighted by atomic mass is 10.5. The molecule has 0 saturated carbocycles. The first-order valence-corrected chi connectivity index (χ1v) is 4.86. The molecule has 0 aliphatic heterocycles. The molecule has 0 N–H and O–H groups in total. The van der Waals surface area contributed by atoms with Crippen LogP contribution in [0.25, 0.3) is 0 Å². The zero-order chi connectivity index (χ0) is 11.4. The molecule has 80 valence electrons. The Kier molecular flexibility index (Phi) is 9.02. The molecule has 0 aromatic carbocycles. The molecule has 0 aromatic heterocycles. The molecule has 0 atom stereocenters. The summed E-state index contributed by atoms with van der Waals surface area (Å²) >= 11 is 0. The molecule has 0 amide bonds. The van der Waals surface area contributed by atoms with E-state index in [2.05, 4.69) is 22.6 Å². The van der Waals surface area contributed by atoms with E-state index in [1.54, 1.807) is 23.6 Å². The van der Waals surface area contributed by atoms with E-state index in [-0.39, 0.29) is 0 Å². The maximum Gasteiger partial charge on any atom is 0.0607 e. The van der Waals surface area contributed by atoms with Crippen molar-refractivity contribution in [1.82, 2.24) is 5.01 Å². The van der Waals surface area contributed by atoms with Gasteiger partial charge in [-0.15, -0.1) is 12.3 Å². The number of hydrazone groups is 1. The summed E-state index contributed by atoms with van der Waals surface area (Å²) in [5, 5.41) is 5.88. The Morgan fingerprint density at radius 3 is 2.87 bits per heavy atom. The van der Waals surface area contributed by atoms with Gasteiger partial charge in [-0.05, 0) is 12.5 Å². The Hall–Kier alpha value is -1.82. The standard InChI is InChI=1S/C12H17N3/c1-4-7-10-13-11-8-12-15(6-3)14-9-5-2/h1,6,8-11H,3,5,7,12H2,2H3/b11-8-,13-10-,14-9-. The SMILES string of the molecule is C#CC/C=N\C=C/CN(C=C)/N=C\CC. The molecule has 0 heterocycles. The summed E-state index contributed by atoms with van der Waals surface area (Å²) < 4.78 is 0. The summed E-state index contributed by atoms with van der Waals surface area (Å²) in [7, 11) is 0. The summed E-state index contributed by atoms with van der Waals surface area (Å²) in [5.74, 6) is 2.47. The Labute approximate surface area is 91.9 Å². The highest BCUT2D eigenvalue weighted by Crippen LogP contribution is 1.90. The molecule has 0 rings (SSSR count). The zero-order valence-electron chi connectivity index (χ0n) is 9.13. The molecule has 3 nitrogen and oxygen atoms in total. The van der Waals surface area contributed by atoms with Gasteiger partial charge in [-0.3, -0.25) is 10.0 Å². The van der Waals surface area contributed by atoms with Crippen molar-refractivity contribution in [3.63, 3.8) is 0 Å². The minimum absolute atomic E-state index is 0.559. The first kappa shape index (κ1) is 13.2. The number of terminal acetylenes is 1. The lowest BCUT2D eigenvalue weighted by molar-refractivity contribution is 0.446. The molecule has 0 bridgehead atoms. The summed E-state index contributed by atoms with van der Waals surface area (Å²) in [6.07, 6.45) is 15.3. The number of nitrogens with zero attached hydrogens (tertiary/aromatic N) is 3. The molecule has 0 aromatic rings. The molecule has 15 heavy (non-hydrogen) atoms. The van der Waals surface area contributed by atoms with Crippen molar-refractivity contribution < 1.29 is 0 Å². The average molecular weight is 203 g/mol. The van der Waals surface area contributed by atoms with Crippen molar-refractivity contribution in [3.8, 4) is 12.3 Å². The average Bonchev–Trinajstić information content (AvgIpc) is 2.27. The third kappa shape index (κ3) is 8.51. The molecule has 3 heteroatoms. The van der Waals surface area contributed by atoms with E-state index in [4.69, 9.17) is 6.42 Å². The van der Waals surface area contributed by atoms with E-state index in [1.165, 1.54) is 0 Å².